The second kappa shape index (κ2) is 9.09. The zero-order valence-electron chi connectivity index (χ0n) is 18.5. The lowest BCUT2D eigenvalue weighted by molar-refractivity contribution is 0.0792. The van der Waals surface area contributed by atoms with Gasteiger partial charge in [-0.2, -0.15) is 5.10 Å². The number of nitrogens with one attached hydrogen (secondary N) is 2. The van der Waals surface area contributed by atoms with Crippen molar-refractivity contribution >= 4 is 22.5 Å². The van der Waals surface area contributed by atoms with E-state index < -0.39 is 0 Å². The van der Waals surface area contributed by atoms with E-state index in [1.54, 1.807) is 12.4 Å². The summed E-state index contributed by atoms with van der Waals surface area (Å²) in [5.74, 6) is -0.287. The molecule has 33 heavy (non-hydrogen) atoms. The molecule has 0 unspecified atom stereocenters. The fourth-order valence-electron chi connectivity index (χ4n) is 4.25. The molecule has 0 saturated carbocycles. The smallest absolute Gasteiger partial charge is 0.276 e. The standard InChI is InChI=1S/C25H26N6O2/c1-16-8-20(14-26-11-16)28-25(33)24-22-10-18(2-3-23(22)29-30-24)19-9-17(12-27-13-19)15-31-6-4-21(32)5-7-31/h2-3,8-14,21,32H,4-7,15H2,1H3,(H,28,33)(H,29,30). The van der Waals surface area contributed by atoms with Gasteiger partial charge in [0.1, 0.15) is 0 Å². The average Bonchev–Trinajstić information content (AvgIpc) is 3.24. The molecule has 8 heteroatoms. The summed E-state index contributed by atoms with van der Waals surface area (Å²) >= 11 is 0. The van der Waals surface area contributed by atoms with Gasteiger partial charge in [0.05, 0.1) is 23.5 Å². The van der Waals surface area contributed by atoms with Gasteiger partial charge in [-0.15, -0.1) is 0 Å². The fraction of sp³-hybridized carbons (Fsp3) is 0.280. The van der Waals surface area contributed by atoms with Crippen molar-refractivity contribution in [3.63, 3.8) is 0 Å². The van der Waals surface area contributed by atoms with Crippen LogP contribution >= 0.6 is 0 Å². The molecule has 5 rings (SSSR count). The van der Waals surface area contributed by atoms with E-state index in [2.05, 4.69) is 36.4 Å². The van der Waals surface area contributed by atoms with Crippen molar-refractivity contribution in [2.45, 2.75) is 32.4 Å². The Labute approximate surface area is 191 Å². The third-order valence-electron chi connectivity index (χ3n) is 6.00. The van der Waals surface area contributed by atoms with Crippen LogP contribution in [-0.2, 0) is 6.54 Å². The minimum Gasteiger partial charge on any atom is -0.393 e. The maximum atomic E-state index is 12.9. The number of aryl methyl sites for hydroxylation is 1. The molecule has 0 atom stereocenters. The molecule has 168 valence electrons. The second-order valence-corrected chi connectivity index (χ2v) is 8.63. The Morgan fingerprint density at radius 3 is 2.73 bits per heavy atom. The number of hydrogen-bond donors (Lipinski definition) is 3. The number of nitrogens with zero attached hydrogens (tertiary/aromatic N) is 4. The van der Waals surface area contributed by atoms with Crippen LogP contribution in [0.15, 0.2) is 55.1 Å². The van der Waals surface area contributed by atoms with Crippen molar-refractivity contribution in [1.82, 2.24) is 25.1 Å². The van der Waals surface area contributed by atoms with E-state index in [0.717, 1.165) is 65.6 Å². The van der Waals surface area contributed by atoms with Gasteiger partial charge in [-0.05, 0) is 60.7 Å². The highest BCUT2D eigenvalue weighted by Crippen LogP contribution is 2.26. The molecule has 4 heterocycles. The molecule has 1 aromatic carbocycles. The van der Waals surface area contributed by atoms with Crippen molar-refractivity contribution in [2.24, 2.45) is 0 Å². The second-order valence-electron chi connectivity index (χ2n) is 8.63. The van der Waals surface area contributed by atoms with Crippen LogP contribution in [0.1, 0.15) is 34.5 Å². The number of piperidine rings is 1. The van der Waals surface area contributed by atoms with Gasteiger partial charge in [-0.1, -0.05) is 6.07 Å². The number of rotatable bonds is 5. The summed E-state index contributed by atoms with van der Waals surface area (Å²) in [6, 6.07) is 9.91. The monoisotopic (exact) mass is 442 g/mol. The molecule has 0 bridgehead atoms. The molecule has 1 aliphatic heterocycles. The number of benzene rings is 1. The Balaban J connectivity index is 1.39. The van der Waals surface area contributed by atoms with Crippen LogP contribution in [-0.4, -0.2) is 55.3 Å². The Morgan fingerprint density at radius 1 is 1.09 bits per heavy atom. The highest BCUT2D eigenvalue weighted by atomic mass is 16.3. The summed E-state index contributed by atoms with van der Waals surface area (Å²) in [4.78, 5) is 23.8. The van der Waals surface area contributed by atoms with Gasteiger partial charge in [0, 0.05) is 49.2 Å². The number of anilines is 1. The van der Waals surface area contributed by atoms with Gasteiger partial charge in [0.25, 0.3) is 5.91 Å². The van der Waals surface area contributed by atoms with Gasteiger partial charge in [0.2, 0.25) is 0 Å². The molecule has 8 nitrogen and oxygen atoms in total. The van der Waals surface area contributed by atoms with Crippen molar-refractivity contribution in [3.05, 3.63) is 71.9 Å². The average molecular weight is 443 g/mol. The minimum absolute atomic E-state index is 0.180. The number of aromatic nitrogens is 4. The van der Waals surface area contributed by atoms with E-state index in [4.69, 9.17) is 0 Å². The summed E-state index contributed by atoms with van der Waals surface area (Å²) in [5, 5.41) is 20.6. The number of aliphatic hydroxyl groups is 1. The summed E-state index contributed by atoms with van der Waals surface area (Å²) in [5.41, 5.74) is 5.82. The summed E-state index contributed by atoms with van der Waals surface area (Å²) < 4.78 is 0. The Bertz CT molecular complexity index is 1290. The van der Waals surface area contributed by atoms with Gasteiger partial charge in [-0.3, -0.25) is 24.8 Å². The highest BCUT2D eigenvalue weighted by molar-refractivity contribution is 6.11. The van der Waals surface area contributed by atoms with Crippen molar-refractivity contribution < 1.29 is 9.90 Å². The van der Waals surface area contributed by atoms with E-state index in [1.807, 2.05) is 43.6 Å². The van der Waals surface area contributed by atoms with Crippen LogP contribution < -0.4 is 5.32 Å². The van der Waals surface area contributed by atoms with E-state index in [1.165, 1.54) is 0 Å². The first-order valence-corrected chi connectivity index (χ1v) is 11.1. The van der Waals surface area contributed by atoms with Crippen LogP contribution in [0.4, 0.5) is 5.69 Å². The number of pyridine rings is 2. The molecule has 1 fully saturated rings. The third-order valence-corrected chi connectivity index (χ3v) is 6.00. The van der Waals surface area contributed by atoms with Crippen LogP contribution in [0.25, 0.3) is 22.0 Å². The Morgan fingerprint density at radius 2 is 1.91 bits per heavy atom. The predicted octanol–water partition coefficient (Wildman–Crippen LogP) is 3.54. The first kappa shape index (κ1) is 21.2. The van der Waals surface area contributed by atoms with Gasteiger partial charge in [0.15, 0.2) is 5.69 Å². The lowest BCUT2D eigenvalue weighted by Crippen LogP contribution is -2.35. The molecular formula is C25H26N6O2. The Hall–Kier alpha value is -3.62. The van der Waals surface area contributed by atoms with E-state index >= 15 is 0 Å². The minimum atomic E-state index is -0.287. The van der Waals surface area contributed by atoms with Gasteiger partial charge >= 0.3 is 0 Å². The lowest BCUT2D eigenvalue weighted by atomic mass is 10.0. The van der Waals surface area contributed by atoms with E-state index in [0.29, 0.717) is 11.4 Å². The lowest BCUT2D eigenvalue weighted by Gasteiger charge is -2.29. The molecule has 3 N–H and O–H groups in total. The molecule has 4 aromatic rings. The molecule has 0 aliphatic carbocycles. The number of H-pyrrole nitrogens is 1. The third kappa shape index (κ3) is 4.76. The molecular weight excluding hydrogens is 416 g/mol. The predicted molar refractivity (Wildman–Crippen MR) is 127 cm³/mol. The summed E-state index contributed by atoms with van der Waals surface area (Å²) in [6.45, 7) is 4.51. The molecule has 3 aromatic heterocycles. The number of amides is 1. The zero-order chi connectivity index (χ0) is 22.8. The number of aromatic amines is 1. The van der Waals surface area contributed by atoms with Gasteiger partial charge < -0.3 is 10.4 Å². The van der Waals surface area contributed by atoms with Crippen molar-refractivity contribution in [3.8, 4) is 11.1 Å². The number of likely N-dealkylation sites (tertiary alicyclic amines) is 1. The number of carbonyl (C=O) groups is 1. The zero-order valence-corrected chi connectivity index (χ0v) is 18.5. The first-order chi connectivity index (χ1) is 16.0. The Kier molecular flexibility index (Phi) is 5.85. The maximum absolute atomic E-state index is 12.9. The first-order valence-electron chi connectivity index (χ1n) is 11.1. The van der Waals surface area contributed by atoms with Crippen LogP contribution in [0, 0.1) is 6.92 Å². The van der Waals surface area contributed by atoms with Gasteiger partial charge in [-0.25, -0.2) is 0 Å². The number of hydrogen-bond acceptors (Lipinski definition) is 6. The number of fused-ring (bicyclic) bond motifs is 1. The molecule has 0 radical (unpaired) electrons. The van der Waals surface area contributed by atoms with Crippen molar-refractivity contribution in [1.29, 1.82) is 0 Å². The highest BCUT2D eigenvalue weighted by Gasteiger charge is 2.18. The normalized spacial score (nSPS) is 15.1. The topological polar surface area (TPSA) is 107 Å². The van der Waals surface area contributed by atoms with E-state index in [-0.39, 0.29) is 12.0 Å². The van der Waals surface area contributed by atoms with Crippen molar-refractivity contribution in [2.75, 3.05) is 18.4 Å². The largest absolute Gasteiger partial charge is 0.393 e. The van der Waals surface area contributed by atoms with Crippen LogP contribution in [0.5, 0.6) is 0 Å². The summed E-state index contributed by atoms with van der Waals surface area (Å²) in [7, 11) is 0. The molecule has 1 saturated heterocycles. The van der Waals surface area contributed by atoms with E-state index in [9.17, 15) is 9.90 Å². The number of carbonyl (C=O) groups excluding carboxylic acids is 1. The molecule has 0 spiro atoms. The fourth-order valence-corrected chi connectivity index (χ4v) is 4.25. The molecule has 1 amide bonds. The summed E-state index contributed by atoms with van der Waals surface area (Å²) in [6.07, 6.45) is 8.53. The maximum Gasteiger partial charge on any atom is 0.276 e. The SMILES string of the molecule is Cc1cncc(NC(=O)c2n[nH]c3ccc(-c4cncc(CN5CCC(O)CC5)c4)cc23)c1. The quantitative estimate of drug-likeness (QED) is 0.436. The van der Waals surface area contributed by atoms with Crippen LogP contribution in [0.3, 0.4) is 0 Å². The van der Waals surface area contributed by atoms with Crippen LogP contribution in [0.2, 0.25) is 0 Å². The number of aliphatic hydroxyl groups excluding tert-OH is 1. The molecule has 1 aliphatic rings.